The first-order valence-corrected chi connectivity index (χ1v) is 8.99. The van der Waals surface area contributed by atoms with E-state index in [9.17, 15) is 5.11 Å². The topological polar surface area (TPSA) is 40.5 Å². The first-order valence-electron chi connectivity index (χ1n) is 8.99. The van der Waals surface area contributed by atoms with Gasteiger partial charge in [-0.3, -0.25) is 0 Å². The Labute approximate surface area is 132 Å². The maximum Gasteiger partial charge on any atom is 0.119 e. The van der Waals surface area contributed by atoms with Crippen LogP contribution in [0.15, 0.2) is 0 Å². The first kappa shape index (κ1) is 20.5. The van der Waals surface area contributed by atoms with E-state index >= 15 is 0 Å². The number of hydrogen-bond donors (Lipinski definition) is 2. The van der Waals surface area contributed by atoms with E-state index in [1.54, 1.807) is 0 Å². The Morgan fingerprint density at radius 2 is 1.29 bits per heavy atom. The fraction of sp³-hybridized carbons (Fsp3) is 0.895. The molecule has 0 aliphatic carbocycles. The minimum atomic E-state index is -0.678. The van der Waals surface area contributed by atoms with Crippen LogP contribution < -0.4 is 0 Å². The van der Waals surface area contributed by atoms with Gasteiger partial charge in [0.2, 0.25) is 0 Å². The van der Waals surface area contributed by atoms with Crippen LogP contribution >= 0.6 is 0 Å². The lowest BCUT2D eigenvalue weighted by Gasteiger charge is -2.08. The average Bonchev–Trinajstić information content (AvgIpc) is 2.50. The second kappa shape index (κ2) is 15.9. The lowest BCUT2D eigenvalue weighted by Crippen LogP contribution is -2.18. The van der Waals surface area contributed by atoms with E-state index in [1.165, 1.54) is 64.2 Å². The van der Waals surface area contributed by atoms with E-state index in [0.717, 1.165) is 12.8 Å². The zero-order valence-electron chi connectivity index (χ0n) is 14.2. The van der Waals surface area contributed by atoms with Crippen LogP contribution in [0.1, 0.15) is 90.9 Å². The minimum Gasteiger partial charge on any atom is -0.396 e. The van der Waals surface area contributed by atoms with Gasteiger partial charge in [-0.05, 0) is 6.42 Å². The van der Waals surface area contributed by atoms with Gasteiger partial charge in [0.1, 0.15) is 6.10 Å². The predicted molar refractivity (Wildman–Crippen MR) is 91.1 cm³/mol. The Balaban J connectivity index is 3.24. The second-order valence-electron chi connectivity index (χ2n) is 6.21. The van der Waals surface area contributed by atoms with Gasteiger partial charge in [0.05, 0.1) is 0 Å². The van der Waals surface area contributed by atoms with Gasteiger partial charge in [-0.25, -0.2) is 0 Å². The maximum absolute atomic E-state index is 9.56. The maximum atomic E-state index is 9.56. The molecule has 0 spiro atoms. The van der Waals surface area contributed by atoms with E-state index in [1.807, 2.05) is 6.92 Å². The Kier molecular flexibility index (Phi) is 15.5. The molecular weight excluding hydrogens is 260 g/mol. The molecule has 0 bridgehead atoms. The summed E-state index contributed by atoms with van der Waals surface area (Å²) in [5.41, 5.74) is 0. The van der Waals surface area contributed by atoms with Gasteiger partial charge in [0.25, 0.3) is 0 Å². The lowest BCUT2D eigenvalue weighted by molar-refractivity contribution is 0.118. The van der Waals surface area contributed by atoms with E-state index in [0.29, 0.717) is 0 Å². The number of unbranched alkanes of at least 4 members (excludes halogenated alkanes) is 11. The van der Waals surface area contributed by atoms with Crippen LogP contribution in [0.4, 0.5) is 0 Å². The predicted octanol–water partition coefficient (Wildman–Crippen LogP) is 4.68. The molecule has 21 heavy (non-hydrogen) atoms. The molecule has 0 aromatic carbocycles. The van der Waals surface area contributed by atoms with Crippen molar-refractivity contribution >= 4 is 0 Å². The second-order valence-corrected chi connectivity index (χ2v) is 6.21. The van der Waals surface area contributed by atoms with E-state index in [2.05, 4.69) is 18.8 Å². The number of aliphatic hydroxyl groups is 2. The van der Waals surface area contributed by atoms with Crippen molar-refractivity contribution in [2.75, 3.05) is 6.61 Å². The summed E-state index contributed by atoms with van der Waals surface area (Å²) in [6, 6.07) is 0. The summed E-state index contributed by atoms with van der Waals surface area (Å²) >= 11 is 0. The lowest BCUT2D eigenvalue weighted by atomic mass is 10.0. The third-order valence-electron chi connectivity index (χ3n) is 3.98. The summed E-state index contributed by atoms with van der Waals surface area (Å²) < 4.78 is 0. The number of aliphatic hydroxyl groups excluding tert-OH is 2. The summed E-state index contributed by atoms with van der Waals surface area (Å²) in [5.74, 6) is 5.69. The van der Waals surface area contributed by atoms with Crippen molar-refractivity contribution in [1.29, 1.82) is 0 Å². The normalized spacial score (nSPS) is 13.5. The summed E-state index contributed by atoms with van der Waals surface area (Å²) in [6.45, 7) is 4.06. The van der Waals surface area contributed by atoms with E-state index in [-0.39, 0.29) is 12.5 Å². The molecule has 0 saturated carbocycles. The molecule has 0 aliphatic heterocycles. The molecule has 0 amide bonds. The summed E-state index contributed by atoms with van der Waals surface area (Å²) in [5, 5.41) is 18.4. The Hall–Kier alpha value is -0.520. The molecule has 0 radical (unpaired) electrons. The summed E-state index contributed by atoms with van der Waals surface area (Å²) in [4.78, 5) is 0. The largest absolute Gasteiger partial charge is 0.396 e. The Morgan fingerprint density at radius 3 is 1.76 bits per heavy atom. The SMILES string of the molecule is CCCCCCCCCCCCCC#C[C@H](O)[C@@H](C)CO. The third kappa shape index (κ3) is 14.2. The molecule has 124 valence electrons. The van der Waals surface area contributed by atoms with Crippen molar-refractivity contribution in [1.82, 2.24) is 0 Å². The molecule has 0 unspecified atom stereocenters. The van der Waals surface area contributed by atoms with Crippen LogP contribution in [0, 0.1) is 17.8 Å². The van der Waals surface area contributed by atoms with Gasteiger partial charge in [0.15, 0.2) is 0 Å². The summed E-state index contributed by atoms with van der Waals surface area (Å²) in [6.07, 6.45) is 15.0. The van der Waals surface area contributed by atoms with Crippen molar-refractivity contribution in [3.63, 3.8) is 0 Å². The van der Waals surface area contributed by atoms with Crippen molar-refractivity contribution in [2.24, 2.45) is 5.92 Å². The van der Waals surface area contributed by atoms with Crippen LogP contribution in [-0.2, 0) is 0 Å². The molecule has 0 saturated heterocycles. The van der Waals surface area contributed by atoms with Crippen molar-refractivity contribution in [2.45, 2.75) is 97.0 Å². The first-order chi connectivity index (χ1) is 10.2. The van der Waals surface area contributed by atoms with E-state index in [4.69, 9.17) is 5.11 Å². The van der Waals surface area contributed by atoms with Gasteiger partial charge < -0.3 is 10.2 Å². The highest BCUT2D eigenvalue weighted by molar-refractivity contribution is 5.05. The number of hydrogen-bond acceptors (Lipinski definition) is 2. The molecule has 0 aliphatic rings. The molecule has 0 fully saturated rings. The Morgan fingerprint density at radius 1 is 0.810 bits per heavy atom. The quantitative estimate of drug-likeness (QED) is 0.383. The highest BCUT2D eigenvalue weighted by atomic mass is 16.3. The minimum absolute atomic E-state index is 0.00566. The third-order valence-corrected chi connectivity index (χ3v) is 3.98. The molecule has 2 atom stereocenters. The highest BCUT2D eigenvalue weighted by Crippen LogP contribution is 2.11. The van der Waals surface area contributed by atoms with Crippen LogP contribution in [0.2, 0.25) is 0 Å². The highest BCUT2D eigenvalue weighted by Gasteiger charge is 2.08. The van der Waals surface area contributed by atoms with Gasteiger partial charge in [0, 0.05) is 18.9 Å². The summed E-state index contributed by atoms with van der Waals surface area (Å²) in [7, 11) is 0. The molecule has 2 nitrogen and oxygen atoms in total. The van der Waals surface area contributed by atoms with Gasteiger partial charge in [-0.2, -0.15) is 0 Å². The average molecular weight is 296 g/mol. The molecule has 0 aromatic rings. The standard InChI is InChI=1S/C19H36O2/c1-3-4-5-6-7-8-9-10-11-12-13-14-15-16-19(21)18(2)17-20/h18-21H,3-14,17H2,1-2H3/t18-,19-/m0/s1. The zero-order valence-corrected chi connectivity index (χ0v) is 14.2. The van der Waals surface area contributed by atoms with Crippen molar-refractivity contribution in [3.8, 4) is 11.8 Å². The van der Waals surface area contributed by atoms with Crippen LogP contribution in [-0.4, -0.2) is 22.9 Å². The monoisotopic (exact) mass is 296 g/mol. The molecule has 2 N–H and O–H groups in total. The van der Waals surface area contributed by atoms with Crippen LogP contribution in [0.3, 0.4) is 0 Å². The Bertz CT molecular complexity index is 264. The van der Waals surface area contributed by atoms with Gasteiger partial charge in [-0.1, -0.05) is 84.0 Å². The molecular formula is C19H36O2. The van der Waals surface area contributed by atoms with Crippen molar-refractivity contribution < 1.29 is 10.2 Å². The molecule has 0 heterocycles. The van der Waals surface area contributed by atoms with Crippen LogP contribution in [0.25, 0.3) is 0 Å². The molecule has 0 rings (SSSR count). The van der Waals surface area contributed by atoms with Gasteiger partial charge >= 0.3 is 0 Å². The van der Waals surface area contributed by atoms with Gasteiger partial charge in [-0.15, -0.1) is 5.92 Å². The smallest absolute Gasteiger partial charge is 0.119 e. The van der Waals surface area contributed by atoms with Crippen molar-refractivity contribution in [3.05, 3.63) is 0 Å². The fourth-order valence-electron chi connectivity index (χ4n) is 2.30. The van der Waals surface area contributed by atoms with E-state index < -0.39 is 6.10 Å². The molecule has 0 aromatic heterocycles. The molecule has 2 heteroatoms. The van der Waals surface area contributed by atoms with Crippen LogP contribution in [0.5, 0.6) is 0 Å². The fourth-order valence-corrected chi connectivity index (χ4v) is 2.30. The number of rotatable bonds is 13. The zero-order chi connectivity index (χ0) is 15.8.